The smallest absolute Gasteiger partial charge is 0.329 e. The van der Waals surface area contributed by atoms with Gasteiger partial charge in [0.2, 0.25) is 0 Å². The summed E-state index contributed by atoms with van der Waals surface area (Å²) in [6.07, 6.45) is 7.41. The Morgan fingerprint density at radius 2 is 1.95 bits per heavy atom. The lowest BCUT2D eigenvalue weighted by Crippen LogP contribution is -2.54. The maximum atomic E-state index is 12.2. The van der Waals surface area contributed by atoms with Crippen LogP contribution in [0.15, 0.2) is 0 Å². The van der Waals surface area contributed by atoms with Crippen LogP contribution in [0, 0.1) is 11.8 Å². The Labute approximate surface area is 127 Å². The summed E-state index contributed by atoms with van der Waals surface area (Å²) in [5.41, 5.74) is -1.04. The van der Waals surface area contributed by atoms with Crippen LogP contribution in [0.4, 0.5) is 4.79 Å². The molecule has 1 unspecified atom stereocenters. The van der Waals surface area contributed by atoms with Crippen molar-refractivity contribution in [1.82, 2.24) is 10.2 Å². The van der Waals surface area contributed by atoms with E-state index in [0.717, 1.165) is 18.8 Å². The maximum Gasteiger partial charge on any atom is 0.329 e. The number of carboxylic acid groups (broad SMARTS) is 1. The highest BCUT2D eigenvalue weighted by atomic mass is 16.4. The average Bonchev–Trinajstić information content (AvgIpc) is 2.84. The summed E-state index contributed by atoms with van der Waals surface area (Å²) in [6.45, 7) is 5.14. The topological polar surface area (TPSA) is 69.6 Å². The molecule has 5 heteroatoms. The Morgan fingerprint density at radius 1 is 1.29 bits per heavy atom. The largest absolute Gasteiger partial charge is 0.480 e. The van der Waals surface area contributed by atoms with E-state index in [-0.39, 0.29) is 6.03 Å². The number of nitrogens with one attached hydrogen (secondary N) is 1. The number of aliphatic carboxylic acids is 1. The van der Waals surface area contributed by atoms with Crippen molar-refractivity contribution < 1.29 is 14.7 Å². The Hall–Kier alpha value is -1.26. The summed E-state index contributed by atoms with van der Waals surface area (Å²) in [7, 11) is 0. The van der Waals surface area contributed by atoms with Crippen molar-refractivity contribution >= 4 is 12.0 Å². The first kappa shape index (κ1) is 16.1. The fourth-order valence-corrected chi connectivity index (χ4v) is 3.61. The van der Waals surface area contributed by atoms with Crippen LogP contribution in [0.25, 0.3) is 0 Å². The number of carbonyl (C=O) groups is 2. The van der Waals surface area contributed by atoms with Crippen molar-refractivity contribution in [3.05, 3.63) is 0 Å². The molecule has 2 aliphatic rings. The zero-order chi connectivity index (χ0) is 15.5. The van der Waals surface area contributed by atoms with Crippen LogP contribution in [-0.4, -0.2) is 40.6 Å². The Bertz CT molecular complexity index is 391. The number of carbonyl (C=O) groups excluding carboxylic acids is 1. The molecule has 1 saturated heterocycles. The number of carboxylic acids is 1. The fourth-order valence-electron chi connectivity index (χ4n) is 3.61. The van der Waals surface area contributed by atoms with Crippen LogP contribution in [0.3, 0.4) is 0 Å². The minimum Gasteiger partial charge on any atom is -0.480 e. The number of hydrogen-bond donors (Lipinski definition) is 2. The molecule has 5 nitrogen and oxygen atoms in total. The minimum absolute atomic E-state index is 0.221. The third-order valence-electron chi connectivity index (χ3n) is 5.31. The SMILES string of the molecule is CC1CCC(CCNC(=O)N2CCCC2(C)C(=O)O)CC1. The third-order valence-corrected chi connectivity index (χ3v) is 5.31. The molecule has 0 radical (unpaired) electrons. The lowest BCUT2D eigenvalue weighted by atomic mass is 9.81. The monoisotopic (exact) mass is 296 g/mol. The lowest BCUT2D eigenvalue weighted by molar-refractivity contribution is -0.147. The first-order valence-corrected chi connectivity index (χ1v) is 8.22. The van der Waals surface area contributed by atoms with E-state index in [1.165, 1.54) is 30.6 Å². The van der Waals surface area contributed by atoms with Gasteiger partial charge < -0.3 is 15.3 Å². The Morgan fingerprint density at radius 3 is 2.57 bits per heavy atom. The number of urea groups is 1. The zero-order valence-electron chi connectivity index (χ0n) is 13.2. The van der Waals surface area contributed by atoms with Crippen LogP contribution >= 0.6 is 0 Å². The average molecular weight is 296 g/mol. The van der Waals surface area contributed by atoms with E-state index in [1.54, 1.807) is 6.92 Å². The summed E-state index contributed by atoms with van der Waals surface area (Å²) >= 11 is 0. The summed E-state index contributed by atoms with van der Waals surface area (Å²) in [6, 6.07) is -0.221. The number of rotatable bonds is 4. The normalized spacial score (nSPS) is 33.0. The van der Waals surface area contributed by atoms with Gasteiger partial charge in [0.25, 0.3) is 0 Å². The van der Waals surface area contributed by atoms with Gasteiger partial charge in [-0.15, -0.1) is 0 Å². The molecule has 21 heavy (non-hydrogen) atoms. The van der Waals surface area contributed by atoms with Gasteiger partial charge in [0.15, 0.2) is 0 Å². The lowest BCUT2D eigenvalue weighted by Gasteiger charge is -2.31. The van der Waals surface area contributed by atoms with Crippen molar-refractivity contribution in [3.8, 4) is 0 Å². The standard InChI is InChI=1S/C16H28N2O3/c1-12-4-6-13(7-5-12)8-10-17-15(21)18-11-3-9-16(18,2)14(19)20/h12-13H,3-11H2,1-2H3,(H,17,21)(H,19,20). The van der Waals surface area contributed by atoms with Gasteiger partial charge in [-0.2, -0.15) is 0 Å². The first-order valence-electron chi connectivity index (χ1n) is 8.22. The number of amides is 2. The molecule has 1 aliphatic carbocycles. The molecule has 2 amide bonds. The van der Waals surface area contributed by atoms with Crippen LogP contribution < -0.4 is 5.32 Å². The van der Waals surface area contributed by atoms with Crippen molar-refractivity contribution in [2.24, 2.45) is 11.8 Å². The predicted octanol–water partition coefficient (Wildman–Crippen LogP) is 2.85. The van der Waals surface area contributed by atoms with E-state index in [1.807, 2.05) is 0 Å². The van der Waals surface area contributed by atoms with E-state index >= 15 is 0 Å². The molecule has 2 N–H and O–H groups in total. The van der Waals surface area contributed by atoms with E-state index < -0.39 is 11.5 Å². The first-order chi connectivity index (χ1) is 9.93. The van der Waals surface area contributed by atoms with Crippen molar-refractivity contribution in [2.75, 3.05) is 13.1 Å². The summed E-state index contributed by atoms with van der Waals surface area (Å²) in [4.78, 5) is 25.1. The van der Waals surface area contributed by atoms with Gasteiger partial charge in [0.05, 0.1) is 0 Å². The maximum absolute atomic E-state index is 12.2. The molecule has 0 aromatic rings. The summed E-state index contributed by atoms with van der Waals surface area (Å²) < 4.78 is 0. The summed E-state index contributed by atoms with van der Waals surface area (Å²) in [5, 5.41) is 12.2. The van der Waals surface area contributed by atoms with Crippen LogP contribution in [0.5, 0.6) is 0 Å². The summed E-state index contributed by atoms with van der Waals surface area (Å²) in [5.74, 6) is 0.652. The minimum atomic E-state index is -1.04. The zero-order valence-corrected chi connectivity index (χ0v) is 13.2. The van der Waals surface area contributed by atoms with Crippen LogP contribution in [-0.2, 0) is 4.79 Å². The highest BCUT2D eigenvalue weighted by Gasteiger charge is 2.45. The molecular formula is C16H28N2O3. The molecule has 1 saturated carbocycles. The van der Waals surface area contributed by atoms with Gasteiger partial charge in [-0.25, -0.2) is 9.59 Å². The highest BCUT2D eigenvalue weighted by molar-refractivity contribution is 5.86. The molecule has 120 valence electrons. The molecule has 1 heterocycles. The van der Waals surface area contributed by atoms with Crippen LogP contribution in [0.2, 0.25) is 0 Å². The number of hydrogen-bond acceptors (Lipinski definition) is 2. The van der Waals surface area contributed by atoms with Gasteiger partial charge in [-0.3, -0.25) is 0 Å². The molecular weight excluding hydrogens is 268 g/mol. The van der Waals surface area contributed by atoms with E-state index in [9.17, 15) is 14.7 Å². The molecule has 0 spiro atoms. The second-order valence-corrected chi connectivity index (χ2v) is 6.98. The van der Waals surface area contributed by atoms with Crippen molar-refractivity contribution in [1.29, 1.82) is 0 Å². The highest BCUT2D eigenvalue weighted by Crippen LogP contribution is 2.31. The molecule has 2 rings (SSSR count). The van der Waals surface area contributed by atoms with Crippen LogP contribution in [0.1, 0.15) is 58.8 Å². The molecule has 2 fully saturated rings. The quantitative estimate of drug-likeness (QED) is 0.838. The Kier molecular flexibility index (Phi) is 5.12. The molecule has 0 aromatic heterocycles. The molecule has 0 aromatic carbocycles. The third kappa shape index (κ3) is 3.69. The predicted molar refractivity (Wildman–Crippen MR) is 81.1 cm³/mol. The molecule has 0 bridgehead atoms. The van der Waals surface area contributed by atoms with E-state index in [0.29, 0.717) is 25.4 Å². The number of likely N-dealkylation sites (tertiary alicyclic amines) is 1. The fraction of sp³-hybridized carbons (Fsp3) is 0.875. The van der Waals surface area contributed by atoms with Gasteiger partial charge in [0.1, 0.15) is 5.54 Å². The second kappa shape index (κ2) is 6.67. The van der Waals surface area contributed by atoms with Crippen molar-refractivity contribution in [3.63, 3.8) is 0 Å². The second-order valence-electron chi connectivity index (χ2n) is 6.98. The molecule has 1 aliphatic heterocycles. The van der Waals surface area contributed by atoms with Gasteiger partial charge in [-0.05, 0) is 38.0 Å². The van der Waals surface area contributed by atoms with Crippen molar-refractivity contribution in [2.45, 2.75) is 64.3 Å². The van der Waals surface area contributed by atoms with Gasteiger partial charge in [-0.1, -0.05) is 32.6 Å². The van der Waals surface area contributed by atoms with E-state index in [2.05, 4.69) is 12.2 Å². The van der Waals surface area contributed by atoms with E-state index in [4.69, 9.17) is 0 Å². The molecule has 1 atom stereocenters. The number of nitrogens with zero attached hydrogens (tertiary/aromatic N) is 1. The van der Waals surface area contributed by atoms with Gasteiger partial charge >= 0.3 is 12.0 Å². The van der Waals surface area contributed by atoms with Gasteiger partial charge in [0, 0.05) is 13.1 Å². The Balaban J connectivity index is 1.76.